The molecule has 0 amide bonds. The minimum atomic E-state index is -1.83. The van der Waals surface area contributed by atoms with Gasteiger partial charge in [0, 0.05) is 0 Å². The molecule has 0 bridgehead atoms. The van der Waals surface area contributed by atoms with Crippen LogP contribution in [0, 0.1) is 0 Å². The third-order valence-electron chi connectivity index (χ3n) is 1.38. The molecular formula is C6H11BN2O3. The van der Waals surface area contributed by atoms with Gasteiger partial charge in [0.1, 0.15) is 0 Å². The zero-order valence-corrected chi connectivity index (χ0v) is 7.01. The summed E-state index contributed by atoms with van der Waals surface area (Å²) in [5.41, 5.74) is 0.843. The van der Waals surface area contributed by atoms with Crippen LogP contribution in [0.2, 0.25) is 0 Å². The van der Waals surface area contributed by atoms with Crippen molar-refractivity contribution in [2.24, 2.45) is 0 Å². The fourth-order valence-electron chi connectivity index (χ4n) is 0.784. The third kappa shape index (κ3) is 2.25. The normalized spacial score (nSPS) is 10.4. The summed E-state index contributed by atoms with van der Waals surface area (Å²) in [5.74, 6) is 0.297. The summed E-state index contributed by atoms with van der Waals surface area (Å²) in [6, 6.07) is 1.76. The lowest BCUT2D eigenvalue weighted by Gasteiger charge is -2.02. The molecule has 2 N–H and O–H groups in total. The van der Waals surface area contributed by atoms with Crippen LogP contribution < -0.4 is 4.76 Å². The fraction of sp³-hybridized carbons (Fsp3) is 0.500. The highest BCUT2D eigenvalue weighted by molar-refractivity contribution is 6.32. The largest absolute Gasteiger partial charge is 0.729 e. The average molecular weight is 170 g/mol. The molecule has 1 heterocycles. The number of nitrogens with zero attached hydrogens (tertiary/aromatic N) is 2. The van der Waals surface area contributed by atoms with Crippen molar-refractivity contribution in [2.75, 3.05) is 0 Å². The van der Waals surface area contributed by atoms with E-state index in [2.05, 4.69) is 9.85 Å². The van der Waals surface area contributed by atoms with Crippen molar-refractivity contribution in [3.63, 3.8) is 0 Å². The molecular weight excluding hydrogens is 159 g/mol. The van der Waals surface area contributed by atoms with Crippen molar-refractivity contribution in [3.8, 4) is 0 Å². The van der Waals surface area contributed by atoms with Gasteiger partial charge in [0.15, 0.2) is 0 Å². The summed E-state index contributed by atoms with van der Waals surface area (Å²) in [7, 11) is -1.83. The van der Waals surface area contributed by atoms with E-state index in [4.69, 9.17) is 10.0 Å². The van der Waals surface area contributed by atoms with E-state index in [-0.39, 0.29) is 0 Å². The molecule has 0 fully saturated rings. The second-order valence-electron chi connectivity index (χ2n) is 2.73. The summed E-state index contributed by atoms with van der Waals surface area (Å²) in [5, 5.41) is 20.8. The molecule has 12 heavy (non-hydrogen) atoms. The van der Waals surface area contributed by atoms with Gasteiger partial charge in [-0.1, -0.05) is 13.8 Å². The second-order valence-corrected chi connectivity index (χ2v) is 2.73. The van der Waals surface area contributed by atoms with Crippen molar-refractivity contribution >= 4 is 7.32 Å². The van der Waals surface area contributed by atoms with E-state index in [1.807, 2.05) is 13.8 Å². The van der Waals surface area contributed by atoms with Crippen molar-refractivity contribution in [3.05, 3.63) is 18.0 Å². The van der Waals surface area contributed by atoms with Gasteiger partial charge in [-0.2, -0.15) is 0 Å². The van der Waals surface area contributed by atoms with Gasteiger partial charge in [0.05, 0.1) is 11.9 Å². The number of rotatable bonds is 3. The van der Waals surface area contributed by atoms with Crippen LogP contribution >= 0.6 is 0 Å². The van der Waals surface area contributed by atoms with Crippen LogP contribution in [0.5, 0.6) is 0 Å². The van der Waals surface area contributed by atoms with Gasteiger partial charge in [-0.15, -0.1) is 9.94 Å². The van der Waals surface area contributed by atoms with E-state index in [1.54, 1.807) is 6.07 Å². The van der Waals surface area contributed by atoms with Crippen LogP contribution in [-0.2, 0) is 0 Å². The Morgan fingerprint density at radius 2 is 2.25 bits per heavy atom. The predicted octanol–water partition coefficient (Wildman–Crippen LogP) is -0.595. The van der Waals surface area contributed by atoms with E-state index in [1.165, 1.54) is 6.20 Å². The standard InChI is InChI=1S/C6H11BN2O3/c1-5(2)6-3-4-9(8-6)12-7(10)11/h3-5,10-11H,1-2H3. The van der Waals surface area contributed by atoms with Gasteiger partial charge in [-0.25, -0.2) is 0 Å². The molecule has 0 aliphatic heterocycles. The first-order chi connectivity index (χ1) is 5.59. The Kier molecular flexibility index (Phi) is 2.72. The molecule has 1 rings (SSSR count). The van der Waals surface area contributed by atoms with Crippen LogP contribution in [0.1, 0.15) is 25.5 Å². The summed E-state index contributed by atoms with van der Waals surface area (Å²) in [6.07, 6.45) is 1.52. The Morgan fingerprint density at radius 1 is 1.58 bits per heavy atom. The molecule has 0 aromatic carbocycles. The maximum Gasteiger partial charge on any atom is 0.729 e. The summed E-state index contributed by atoms with van der Waals surface area (Å²) >= 11 is 0. The van der Waals surface area contributed by atoms with Crippen molar-refractivity contribution in [1.29, 1.82) is 0 Å². The Labute approximate surface area is 70.7 Å². The quantitative estimate of drug-likeness (QED) is 0.594. The van der Waals surface area contributed by atoms with E-state index in [0.29, 0.717) is 5.92 Å². The molecule has 1 aromatic heterocycles. The average Bonchev–Trinajstić information content (AvgIpc) is 2.34. The van der Waals surface area contributed by atoms with Crippen molar-refractivity contribution < 1.29 is 14.8 Å². The van der Waals surface area contributed by atoms with Crippen molar-refractivity contribution in [2.45, 2.75) is 19.8 Å². The molecule has 0 saturated heterocycles. The number of aromatic nitrogens is 2. The van der Waals surface area contributed by atoms with Crippen LogP contribution in [0.4, 0.5) is 0 Å². The van der Waals surface area contributed by atoms with Crippen LogP contribution in [0.15, 0.2) is 12.3 Å². The van der Waals surface area contributed by atoms with E-state index in [0.717, 1.165) is 10.5 Å². The lowest BCUT2D eigenvalue weighted by Crippen LogP contribution is -2.29. The van der Waals surface area contributed by atoms with Crippen LogP contribution in [0.3, 0.4) is 0 Å². The summed E-state index contributed by atoms with van der Waals surface area (Å²) in [4.78, 5) is 1.03. The molecule has 6 heteroatoms. The Morgan fingerprint density at radius 3 is 2.67 bits per heavy atom. The molecule has 0 spiro atoms. The van der Waals surface area contributed by atoms with Crippen LogP contribution in [0.25, 0.3) is 0 Å². The highest BCUT2D eigenvalue weighted by atomic mass is 16.7. The second kappa shape index (κ2) is 3.60. The first-order valence-corrected chi connectivity index (χ1v) is 3.68. The molecule has 0 radical (unpaired) electrons. The molecule has 0 aliphatic rings. The maximum absolute atomic E-state index is 8.43. The van der Waals surface area contributed by atoms with Crippen LogP contribution in [-0.4, -0.2) is 27.3 Å². The maximum atomic E-state index is 8.43. The van der Waals surface area contributed by atoms with Gasteiger partial charge in [-0.05, 0) is 12.0 Å². The molecule has 1 aromatic rings. The van der Waals surface area contributed by atoms with E-state index in [9.17, 15) is 0 Å². The Balaban J connectivity index is 2.64. The zero-order valence-electron chi connectivity index (χ0n) is 7.01. The highest BCUT2D eigenvalue weighted by Crippen LogP contribution is 2.09. The molecule has 0 atom stereocenters. The van der Waals surface area contributed by atoms with Gasteiger partial charge < -0.3 is 14.8 Å². The number of hydrogen-bond donors (Lipinski definition) is 2. The lowest BCUT2D eigenvalue weighted by molar-refractivity contribution is 0.140. The molecule has 0 unspecified atom stereocenters. The van der Waals surface area contributed by atoms with Gasteiger partial charge in [-0.3, -0.25) is 0 Å². The minimum Gasteiger partial charge on any atom is -0.405 e. The molecule has 0 saturated carbocycles. The molecule has 66 valence electrons. The zero-order chi connectivity index (χ0) is 9.14. The number of hydrogen-bond acceptors (Lipinski definition) is 4. The first kappa shape index (κ1) is 9.09. The fourth-order valence-corrected chi connectivity index (χ4v) is 0.784. The van der Waals surface area contributed by atoms with Crippen molar-refractivity contribution in [1.82, 2.24) is 9.94 Å². The molecule has 0 aliphatic carbocycles. The van der Waals surface area contributed by atoms with E-state index < -0.39 is 7.32 Å². The summed E-state index contributed by atoms with van der Waals surface area (Å²) in [6.45, 7) is 3.98. The lowest BCUT2D eigenvalue weighted by atomic mass is 10.1. The Bertz CT molecular complexity index is 249. The predicted molar refractivity (Wildman–Crippen MR) is 43.1 cm³/mol. The van der Waals surface area contributed by atoms with E-state index >= 15 is 0 Å². The molecule has 5 nitrogen and oxygen atoms in total. The smallest absolute Gasteiger partial charge is 0.405 e. The first-order valence-electron chi connectivity index (χ1n) is 3.68. The Hall–Kier alpha value is -1.01. The topological polar surface area (TPSA) is 67.5 Å². The van der Waals surface area contributed by atoms with Gasteiger partial charge in [0.2, 0.25) is 0 Å². The minimum absolute atomic E-state index is 0.297. The highest BCUT2D eigenvalue weighted by Gasteiger charge is 2.12. The van der Waals surface area contributed by atoms with Gasteiger partial charge in [0.25, 0.3) is 0 Å². The van der Waals surface area contributed by atoms with Gasteiger partial charge >= 0.3 is 7.32 Å². The third-order valence-corrected chi connectivity index (χ3v) is 1.38. The summed E-state index contributed by atoms with van der Waals surface area (Å²) < 4.78 is 4.46. The monoisotopic (exact) mass is 170 g/mol. The SMILES string of the molecule is CC(C)c1ccn(OB(O)O)n1.